The summed E-state index contributed by atoms with van der Waals surface area (Å²) < 4.78 is 26.2. The molecule has 0 aliphatic carbocycles. The van der Waals surface area contributed by atoms with Gasteiger partial charge in [0.15, 0.2) is 0 Å². The number of benzene rings is 1. The molecule has 1 aromatic carbocycles. The van der Waals surface area contributed by atoms with Gasteiger partial charge in [0, 0.05) is 6.08 Å². The van der Waals surface area contributed by atoms with Crippen LogP contribution in [-0.4, -0.2) is 36.1 Å². The number of amides is 2. The maximum absolute atomic E-state index is 12.7. The molecule has 4 N–H and O–H groups in total. The minimum atomic E-state index is -3.89. The Morgan fingerprint density at radius 1 is 1.21 bits per heavy atom. The summed E-state index contributed by atoms with van der Waals surface area (Å²) >= 11 is 0. The Bertz CT molecular complexity index is 805. The summed E-state index contributed by atoms with van der Waals surface area (Å²) in [6.45, 7) is 4.98. The number of nitrogens with zero attached hydrogens (tertiary/aromatic N) is 1. The van der Waals surface area contributed by atoms with Gasteiger partial charge in [-0.1, -0.05) is 24.3 Å². The van der Waals surface area contributed by atoms with Gasteiger partial charge in [0.1, 0.15) is 4.91 Å². The van der Waals surface area contributed by atoms with Crippen molar-refractivity contribution in [3.8, 4) is 0 Å². The highest BCUT2D eigenvalue weighted by Crippen LogP contribution is 2.35. The average molecular weight is 351 g/mol. The molecule has 1 aliphatic heterocycles. The first-order valence-corrected chi connectivity index (χ1v) is 8.84. The number of nitrogens with two attached hydrogens (primary N) is 2. The fourth-order valence-corrected chi connectivity index (χ4v) is 4.44. The van der Waals surface area contributed by atoms with Crippen LogP contribution in [0.1, 0.15) is 31.9 Å². The fourth-order valence-electron chi connectivity index (χ4n) is 2.55. The van der Waals surface area contributed by atoms with Crippen molar-refractivity contribution in [1.82, 2.24) is 4.31 Å². The molecule has 24 heavy (non-hydrogen) atoms. The first kappa shape index (κ1) is 18.2. The molecule has 2 rings (SSSR count). The smallest absolute Gasteiger partial charge is 0.268 e. The molecular weight excluding hydrogens is 330 g/mol. The first-order valence-electron chi connectivity index (χ1n) is 7.40. The van der Waals surface area contributed by atoms with Crippen LogP contribution in [0.25, 0.3) is 4.91 Å². The van der Waals surface area contributed by atoms with Crippen molar-refractivity contribution in [1.29, 1.82) is 0 Å². The second-order valence-electron chi connectivity index (χ2n) is 6.70. The summed E-state index contributed by atoms with van der Waals surface area (Å²) in [6, 6.07) is 5.71. The van der Waals surface area contributed by atoms with Gasteiger partial charge in [-0.3, -0.25) is 9.59 Å². The third-order valence-electron chi connectivity index (χ3n) is 3.64. The van der Waals surface area contributed by atoms with E-state index in [-0.39, 0.29) is 11.3 Å². The van der Waals surface area contributed by atoms with E-state index in [9.17, 15) is 18.0 Å². The largest absolute Gasteiger partial charge is 0.368 e. The second-order valence-corrected chi connectivity index (χ2v) is 8.45. The van der Waals surface area contributed by atoms with Gasteiger partial charge in [-0.15, -0.1) is 0 Å². The number of carbonyl (C=O) groups excluding carboxylic acids is 2. The Balaban J connectivity index is 2.32. The van der Waals surface area contributed by atoms with Crippen LogP contribution in [0.4, 0.5) is 0 Å². The van der Waals surface area contributed by atoms with Gasteiger partial charge in [0.2, 0.25) is 5.91 Å². The molecule has 1 atom stereocenters. The van der Waals surface area contributed by atoms with Crippen LogP contribution >= 0.6 is 0 Å². The molecule has 0 bridgehead atoms. The molecule has 0 radical (unpaired) electrons. The van der Waals surface area contributed by atoms with E-state index in [4.69, 9.17) is 11.5 Å². The van der Waals surface area contributed by atoms with Crippen molar-refractivity contribution < 1.29 is 18.0 Å². The molecule has 0 saturated carbocycles. The summed E-state index contributed by atoms with van der Waals surface area (Å²) in [6.07, 6.45) is 1.39. The van der Waals surface area contributed by atoms with Crippen molar-refractivity contribution in [3.63, 3.8) is 0 Å². The minimum absolute atomic E-state index is 0.0341. The molecule has 1 heterocycles. The quantitative estimate of drug-likeness (QED) is 0.810. The van der Waals surface area contributed by atoms with Crippen LogP contribution < -0.4 is 11.5 Å². The highest BCUT2D eigenvalue weighted by atomic mass is 32.2. The number of rotatable bonds is 4. The molecule has 0 aromatic heterocycles. The molecule has 1 aliphatic rings. The van der Waals surface area contributed by atoms with Gasteiger partial charge in [-0.25, -0.2) is 12.7 Å². The number of sulfonamides is 1. The Kier molecular flexibility index (Phi) is 4.56. The SMILES string of the molecule is CC(C)(C)N1C(=O)C=C(c2ccc(C[C@H](N)C(N)=O)cc2)S1(=O)=O. The zero-order valence-corrected chi connectivity index (χ0v) is 14.6. The van der Waals surface area contributed by atoms with Crippen LogP contribution in [-0.2, 0) is 26.0 Å². The zero-order valence-electron chi connectivity index (χ0n) is 13.8. The summed E-state index contributed by atoms with van der Waals surface area (Å²) in [7, 11) is -3.89. The number of primary amides is 1. The van der Waals surface area contributed by atoms with E-state index in [0.29, 0.717) is 5.56 Å². The summed E-state index contributed by atoms with van der Waals surface area (Å²) in [4.78, 5) is 23.1. The maximum atomic E-state index is 12.7. The van der Waals surface area contributed by atoms with E-state index < -0.39 is 33.4 Å². The van der Waals surface area contributed by atoms with Crippen molar-refractivity contribution in [2.45, 2.75) is 38.8 Å². The molecule has 0 fully saturated rings. The lowest BCUT2D eigenvalue weighted by Gasteiger charge is -2.30. The molecule has 0 spiro atoms. The van der Waals surface area contributed by atoms with E-state index in [2.05, 4.69) is 0 Å². The summed E-state index contributed by atoms with van der Waals surface area (Å²) in [5.74, 6) is -1.16. The minimum Gasteiger partial charge on any atom is -0.368 e. The van der Waals surface area contributed by atoms with Crippen molar-refractivity contribution in [3.05, 3.63) is 41.5 Å². The van der Waals surface area contributed by atoms with Crippen molar-refractivity contribution in [2.24, 2.45) is 11.5 Å². The number of hydrogen-bond acceptors (Lipinski definition) is 5. The predicted octanol–water partition coefficient (Wildman–Crippen LogP) is 0.353. The Morgan fingerprint density at radius 2 is 1.75 bits per heavy atom. The van der Waals surface area contributed by atoms with E-state index >= 15 is 0 Å². The van der Waals surface area contributed by atoms with Crippen molar-refractivity contribution in [2.75, 3.05) is 0 Å². The Hall–Kier alpha value is -2.19. The fraction of sp³-hybridized carbons (Fsp3) is 0.375. The number of carbonyl (C=O) groups is 2. The van der Waals surface area contributed by atoms with Gasteiger partial charge in [-0.05, 0) is 38.3 Å². The van der Waals surface area contributed by atoms with Crippen LogP contribution in [0.2, 0.25) is 0 Å². The van der Waals surface area contributed by atoms with Gasteiger partial charge < -0.3 is 11.5 Å². The predicted molar refractivity (Wildman–Crippen MR) is 90.8 cm³/mol. The Labute approximate surface area is 141 Å². The second kappa shape index (κ2) is 6.03. The zero-order chi connectivity index (χ0) is 18.3. The van der Waals surface area contributed by atoms with E-state index in [1.165, 1.54) is 0 Å². The van der Waals surface area contributed by atoms with E-state index in [1.54, 1.807) is 45.0 Å². The van der Waals surface area contributed by atoms with Crippen molar-refractivity contribution >= 4 is 26.7 Å². The van der Waals surface area contributed by atoms with Gasteiger partial charge in [0.25, 0.3) is 15.9 Å². The summed E-state index contributed by atoms with van der Waals surface area (Å²) in [5, 5.41) is 0. The average Bonchev–Trinajstić information content (AvgIpc) is 2.68. The highest BCUT2D eigenvalue weighted by Gasteiger charge is 2.44. The number of hydrogen-bond donors (Lipinski definition) is 2. The lowest BCUT2D eigenvalue weighted by molar-refractivity contribution is -0.124. The molecule has 0 saturated heterocycles. The van der Waals surface area contributed by atoms with Crippen LogP contribution in [0.5, 0.6) is 0 Å². The van der Waals surface area contributed by atoms with Gasteiger partial charge in [-0.2, -0.15) is 0 Å². The highest BCUT2D eigenvalue weighted by molar-refractivity contribution is 7.99. The monoisotopic (exact) mass is 351 g/mol. The molecule has 0 unspecified atom stereocenters. The molecule has 1 aromatic rings. The lowest BCUT2D eigenvalue weighted by Crippen LogP contribution is -2.45. The molecule has 130 valence electrons. The molecule has 2 amide bonds. The lowest BCUT2D eigenvalue weighted by atomic mass is 10.0. The molecular formula is C16H21N3O4S. The summed E-state index contributed by atoms with van der Waals surface area (Å²) in [5.41, 5.74) is 11.0. The van der Waals surface area contributed by atoms with Gasteiger partial charge in [0.05, 0.1) is 11.6 Å². The topological polar surface area (TPSA) is 124 Å². The third-order valence-corrected chi connectivity index (χ3v) is 5.76. The maximum Gasteiger partial charge on any atom is 0.268 e. The standard InChI is InChI=1S/C16H21N3O4S/c1-16(2,3)19-14(20)9-13(24(19,22)23)11-6-4-10(5-7-11)8-12(17)15(18)21/h4-7,9,12H,8,17H2,1-3H3,(H2,18,21)/t12-/m0/s1. The normalized spacial score (nSPS) is 18.4. The Morgan fingerprint density at radius 3 is 2.17 bits per heavy atom. The van der Waals surface area contributed by atoms with E-state index in [1.807, 2.05) is 0 Å². The third kappa shape index (κ3) is 3.34. The van der Waals surface area contributed by atoms with Crippen LogP contribution in [0.3, 0.4) is 0 Å². The van der Waals surface area contributed by atoms with Crippen LogP contribution in [0, 0.1) is 0 Å². The molecule has 7 nitrogen and oxygen atoms in total. The molecule has 8 heteroatoms. The van der Waals surface area contributed by atoms with E-state index in [0.717, 1.165) is 15.9 Å². The van der Waals surface area contributed by atoms with Gasteiger partial charge >= 0.3 is 0 Å². The first-order chi connectivity index (χ1) is 10.9. The van der Waals surface area contributed by atoms with Crippen LogP contribution in [0.15, 0.2) is 30.3 Å².